The minimum atomic E-state index is -3.35. The third kappa shape index (κ3) is 5.83. The molecule has 1 saturated heterocycles. The van der Waals surface area contributed by atoms with Crippen LogP contribution >= 0.6 is 0 Å². The van der Waals surface area contributed by atoms with Gasteiger partial charge >= 0.3 is 0 Å². The summed E-state index contributed by atoms with van der Waals surface area (Å²) >= 11 is 0. The molecule has 0 saturated carbocycles. The second kappa shape index (κ2) is 8.43. The lowest BCUT2D eigenvalue weighted by Crippen LogP contribution is -2.48. The molecule has 0 amide bonds. The maximum Gasteiger partial charge on any atom is 0.279 e. The molecule has 7 heteroatoms. The zero-order valence-corrected chi connectivity index (χ0v) is 14.7. The maximum absolute atomic E-state index is 12.3. The van der Waals surface area contributed by atoms with Crippen molar-refractivity contribution in [3.05, 3.63) is 0 Å². The van der Waals surface area contributed by atoms with E-state index in [4.69, 9.17) is 5.73 Å². The van der Waals surface area contributed by atoms with Crippen molar-refractivity contribution >= 4 is 10.2 Å². The topological polar surface area (TPSA) is 78.7 Å². The second-order valence-corrected chi connectivity index (χ2v) is 8.16. The van der Waals surface area contributed by atoms with Crippen LogP contribution < -0.4 is 10.5 Å². The normalized spacial score (nSPS) is 19.0. The lowest BCUT2D eigenvalue weighted by atomic mass is 9.99. The van der Waals surface area contributed by atoms with Gasteiger partial charge in [0.05, 0.1) is 0 Å². The van der Waals surface area contributed by atoms with Crippen LogP contribution in [0.1, 0.15) is 40.5 Å². The number of nitrogens with two attached hydrogens (primary N) is 1. The Kier molecular flexibility index (Phi) is 7.56. The molecule has 1 aliphatic heterocycles. The molecule has 0 aromatic heterocycles. The Morgan fingerprint density at radius 3 is 2.14 bits per heavy atom. The van der Waals surface area contributed by atoms with Crippen molar-refractivity contribution in [2.24, 2.45) is 11.7 Å². The van der Waals surface area contributed by atoms with Gasteiger partial charge in [-0.3, -0.25) is 4.90 Å². The summed E-state index contributed by atoms with van der Waals surface area (Å²) in [6.45, 7) is 11.5. The first-order valence-electron chi connectivity index (χ1n) is 7.98. The van der Waals surface area contributed by atoms with Crippen LogP contribution in [0.4, 0.5) is 0 Å². The molecule has 0 aromatic rings. The minimum absolute atomic E-state index is 0.412. The first-order chi connectivity index (χ1) is 9.77. The molecule has 1 aliphatic rings. The minimum Gasteiger partial charge on any atom is -0.330 e. The third-order valence-electron chi connectivity index (χ3n) is 4.23. The van der Waals surface area contributed by atoms with Gasteiger partial charge in [0.15, 0.2) is 0 Å². The molecule has 0 unspecified atom stereocenters. The first-order valence-corrected chi connectivity index (χ1v) is 9.42. The van der Waals surface area contributed by atoms with Crippen LogP contribution in [0.15, 0.2) is 0 Å². The Hall–Kier alpha value is -0.210. The van der Waals surface area contributed by atoms with E-state index in [9.17, 15) is 8.42 Å². The van der Waals surface area contributed by atoms with Crippen molar-refractivity contribution in [1.82, 2.24) is 13.9 Å². The quantitative estimate of drug-likeness (QED) is 0.687. The lowest BCUT2D eigenvalue weighted by Gasteiger charge is -2.32. The molecule has 1 heterocycles. The van der Waals surface area contributed by atoms with Crippen LogP contribution in [0.2, 0.25) is 0 Å². The Labute approximate surface area is 130 Å². The molecule has 0 aliphatic carbocycles. The van der Waals surface area contributed by atoms with Crippen molar-refractivity contribution in [3.63, 3.8) is 0 Å². The molecule has 3 N–H and O–H groups in total. The Bertz CT molecular complexity index is 382. The molecular weight excluding hydrogens is 288 g/mol. The van der Waals surface area contributed by atoms with Gasteiger partial charge in [0, 0.05) is 38.3 Å². The smallest absolute Gasteiger partial charge is 0.279 e. The average Bonchev–Trinajstić information content (AvgIpc) is 2.42. The molecule has 0 radical (unpaired) electrons. The number of nitrogens with zero attached hydrogens (tertiary/aromatic N) is 2. The Balaban J connectivity index is 2.43. The van der Waals surface area contributed by atoms with E-state index in [1.54, 1.807) is 4.31 Å². The highest BCUT2D eigenvalue weighted by atomic mass is 32.2. The van der Waals surface area contributed by atoms with Gasteiger partial charge in [0.2, 0.25) is 0 Å². The number of rotatable bonds is 8. The van der Waals surface area contributed by atoms with Crippen molar-refractivity contribution in [3.8, 4) is 0 Å². The summed E-state index contributed by atoms with van der Waals surface area (Å²) in [5.74, 6) is 0.467. The fourth-order valence-electron chi connectivity index (χ4n) is 2.89. The number of nitrogens with one attached hydrogen (secondary N) is 1. The highest BCUT2D eigenvalue weighted by Gasteiger charge is 2.27. The van der Waals surface area contributed by atoms with Crippen molar-refractivity contribution in [2.45, 2.75) is 52.6 Å². The Morgan fingerprint density at radius 1 is 1.19 bits per heavy atom. The number of hydrogen-bond donors (Lipinski definition) is 2. The Morgan fingerprint density at radius 2 is 1.71 bits per heavy atom. The molecule has 0 atom stereocenters. The molecule has 1 fully saturated rings. The predicted molar refractivity (Wildman–Crippen MR) is 87.3 cm³/mol. The lowest BCUT2D eigenvalue weighted by molar-refractivity contribution is 0.178. The van der Waals surface area contributed by atoms with E-state index in [1.165, 1.54) is 0 Å². The summed E-state index contributed by atoms with van der Waals surface area (Å²) in [7, 11) is -3.35. The van der Waals surface area contributed by atoms with Crippen LogP contribution in [0.5, 0.6) is 0 Å². The highest BCUT2D eigenvalue weighted by molar-refractivity contribution is 7.87. The second-order valence-electron chi connectivity index (χ2n) is 6.40. The fraction of sp³-hybridized carbons (Fsp3) is 1.00. The van der Waals surface area contributed by atoms with Crippen LogP contribution in [0, 0.1) is 5.92 Å². The monoisotopic (exact) mass is 320 g/mol. The number of piperidine rings is 1. The van der Waals surface area contributed by atoms with Crippen LogP contribution in [-0.4, -0.2) is 62.4 Å². The summed E-state index contributed by atoms with van der Waals surface area (Å²) in [5, 5.41) is 0. The SMILES string of the molecule is CC(C)N(CCNS(=O)(=O)N1CCC(CN)CC1)C(C)C. The highest BCUT2D eigenvalue weighted by Crippen LogP contribution is 2.17. The zero-order chi connectivity index (χ0) is 16.0. The molecular formula is C14H32N4O2S. The molecule has 126 valence electrons. The molecule has 0 bridgehead atoms. The van der Waals surface area contributed by atoms with E-state index >= 15 is 0 Å². The fourth-order valence-corrected chi connectivity index (χ4v) is 4.12. The summed E-state index contributed by atoms with van der Waals surface area (Å²) in [6, 6.07) is 0.824. The van der Waals surface area contributed by atoms with E-state index in [-0.39, 0.29) is 0 Å². The van der Waals surface area contributed by atoms with Gasteiger partial charge in [0.25, 0.3) is 10.2 Å². The summed E-state index contributed by atoms with van der Waals surface area (Å²) in [4.78, 5) is 2.28. The van der Waals surface area contributed by atoms with E-state index in [0.717, 1.165) is 19.4 Å². The third-order valence-corrected chi connectivity index (χ3v) is 5.84. The van der Waals surface area contributed by atoms with Gasteiger partial charge in [-0.2, -0.15) is 12.7 Å². The van der Waals surface area contributed by atoms with Gasteiger partial charge in [-0.25, -0.2) is 4.72 Å². The number of hydrogen-bond acceptors (Lipinski definition) is 4. The standard InChI is InChI=1S/C14H32N4O2S/c1-12(2)18(13(3)4)10-7-16-21(19,20)17-8-5-14(11-15)6-9-17/h12-14,16H,5-11,15H2,1-4H3. The van der Waals surface area contributed by atoms with E-state index in [2.05, 4.69) is 37.3 Å². The van der Waals surface area contributed by atoms with Gasteiger partial charge in [-0.05, 0) is 53.0 Å². The van der Waals surface area contributed by atoms with Gasteiger partial charge in [-0.1, -0.05) is 0 Å². The molecule has 0 spiro atoms. The molecule has 6 nitrogen and oxygen atoms in total. The van der Waals surface area contributed by atoms with Gasteiger partial charge < -0.3 is 5.73 Å². The largest absolute Gasteiger partial charge is 0.330 e. The van der Waals surface area contributed by atoms with Crippen molar-refractivity contribution in [2.75, 3.05) is 32.7 Å². The van der Waals surface area contributed by atoms with Gasteiger partial charge in [0.1, 0.15) is 0 Å². The van der Waals surface area contributed by atoms with E-state index in [1.807, 2.05) is 0 Å². The average molecular weight is 321 g/mol. The van der Waals surface area contributed by atoms with E-state index in [0.29, 0.717) is 44.2 Å². The van der Waals surface area contributed by atoms with E-state index < -0.39 is 10.2 Å². The maximum atomic E-state index is 12.3. The van der Waals surface area contributed by atoms with Gasteiger partial charge in [-0.15, -0.1) is 0 Å². The molecule has 21 heavy (non-hydrogen) atoms. The summed E-state index contributed by atoms with van der Waals surface area (Å²) < 4.78 is 28.8. The molecule has 1 rings (SSSR count). The van der Waals surface area contributed by atoms with Crippen LogP contribution in [0.3, 0.4) is 0 Å². The predicted octanol–water partition coefficient (Wildman–Crippen LogP) is 0.610. The zero-order valence-electron chi connectivity index (χ0n) is 13.9. The summed E-state index contributed by atoms with van der Waals surface area (Å²) in [6.07, 6.45) is 1.73. The first kappa shape index (κ1) is 18.8. The molecule has 0 aromatic carbocycles. The summed E-state index contributed by atoms with van der Waals surface area (Å²) in [5.41, 5.74) is 5.64. The van der Waals surface area contributed by atoms with Crippen LogP contribution in [0.25, 0.3) is 0 Å². The van der Waals surface area contributed by atoms with Crippen molar-refractivity contribution in [1.29, 1.82) is 0 Å². The van der Waals surface area contributed by atoms with Crippen molar-refractivity contribution < 1.29 is 8.42 Å². The van der Waals surface area contributed by atoms with Crippen LogP contribution in [-0.2, 0) is 10.2 Å².